The van der Waals surface area contributed by atoms with Crippen LogP contribution in [0.1, 0.15) is 55.2 Å². The third-order valence-corrected chi connectivity index (χ3v) is 6.01. The van der Waals surface area contributed by atoms with Crippen LogP contribution in [0.5, 0.6) is 5.75 Å². The van der Waals surface area contributed by atoms with Crippen molar-refractivity contribution in [3.8, 4) is 5.75 Å². The van der Waals surface area contributed by atoms with Crippen LogP contribution in [0.15, 0.2) is 42.5 Å². The summed E-state index contributed by atoms with van der Waals surface area (Å²) in [6, 6.07) is 14.4. The van der Waals surface area contributed by atoms with Gasteiger partial charge in [0, 0.05) is 39.9 Å². The summed E-state index contributed by atoms with van der Waals surface area (Å²) in [7, 11) is 0. The minimum Gasteiger partial charge on any atom is -0.494 e. The maximum Gasteiger partial charge on any atom is 0.255 e. The van der Waals surface area contributed by atoms with Gasteiger partial charge in [0.25, 0.3) is 5.91 Å². The Morgan fingerprint density at radius 1 is 1.20 bits per heavy atom. The molecule has 0 aliphatic heterocycles. The third kappa shape index (κ3) is 4.36. The lowest BCUT2D eigenvalue weighted by Gasteiger charge is -2.26. The predicted octanol–water partition coefficient (Wildman–Crippen LogP) is 5.06. The van der Waals surface area contributed by atoms with Crippen LogP contribution >= 0.6 is 0 Å². The number of hydrogen-bond acceptors (Lipinski definition) is 3. The molecular weight excluding hydrogens is 374 g/mol. The average Bonchev–Trinajstić information content (AvgIpc) is 3.11. The molecule has 1 amide bonds. The number of H-pyrrole nitrogens is 1. The van der Waals surface area contributed by atoms with Gasteiger partial charge in [0.2, 0.25) is 0 Å². The smallest absolute Gasteiger partial charge is 0.255 e. The fourth-order valence-corrected chi connectivity index (χ4v) is 4.23. The number of amides is 1. The van der Waals surface area contributed by atoms with Crippen molar-refractivity contribution in [2.45, 2.75) is 58.5 Å². The molecule has 5 heteroatoms. The first-order chi connectivity index (χ1) is 14.6. The molecule has 5 nitrogen and oxygen atoms in total. The van der Waals surface area contributed by atoms with Crippen LogP contribution in [0.3, 0.4) is 0 Å². The van der Waals surface area contributed by atoms with Crippen LogP contribution in [0, 0.1) is 0 Å². The number of rotatable bonds is 7. The van der Waals surface area contributed by atoms with Gasteiger partial charge in [-0.1, -0.05) is 6.92 Å². The summed E-state index contributed by atoms with van der Waals surface area (Å²) < 4.78 is 5.45. The van der Waals surface area contributed by atoms with E-state index in [1.165, 1.54) is 16.6 Å². The summed E-state index contributed by atoms with van der Waals surface area (Å²) in [4.78, 5) is 16.3. The number of aryl methyl sites for hydroxylation is 1. The maximum absolute atomic E-state index is 12.7. The summed E-state index contributed by atoms with van der Waals surface area (Å²) in [6.07, 6.45) is 4.38. The van der Waals surface area contributed by atoms with Gasteiger partial charge in [-0.3, -0.25) is 4.79 Å². The zero-order valence-electron chi connectivity index (χ0n) is 18.0. The van der Waals surface area contributed by atoms with Gasteiger partial charge in [0.1, 0.15) is 5.75 Å². The lowest BCUT2D eigenvalue weighted by atomic mass is 9.91. The molecule has 4 rings (SSSR count). The van der Waals surface area contributed by atoms with Gasteiger partial charge in [-0.2, -0.15) is 0 Å². The fraction of sp³-hybridized carbons (Fsp3) is 0.400. The van der Waals surface area contributed by atoms with E-state index in [0.29, 0.717) is 24.3 Å². The maximum atomic E-state index is 12.7. The van der Waals surface area contributed by atoms with E-state index >= 15 is 0 Å². The second-order valence-corrected chi connectivity index (χ2v) is 8.17. The molecule has 0 saturated heterocycles. The van der Waals surface area contributed by atoms with E-state index < -0.39 is 0 Å². The summed E-state index contributed by atoms with van der Waals surface area (Å²) in [5.74, 6) is 0.660. The molecule has 0 radical (unpaired) electrons. The number of aromatic nitrogens is 1. The Bertz CT molecular complexity index is 1020. The lowest BCUT2D eigenvalue weighted by Crippen LogP contribution is -2.39. The third-order valence-electron chi connectivity index (χ3n) is 6.01. The minimum absolute atomic E-state index is 0.113. The molecule has 3 N–H and O–H groups in total. The van der Waals surface area contributed by atoms with E-state index in [1.807, 2.05) is 25.1 Å². The molecule has 1 aliphatic carbocycles. The van der Waals surface area contributed by atoms with Crippen LogP contribution < -0.4 is 15.4 Å². The van der Waals surface area contributed by atoms with E-state index in [9.17, 15) is 4.79 Å². The number of benzene rings is 2. The molecule has 3 aromatic rings. The highest BCUT2D eigenvalue weighted by Gasteiger charge is 2.23. The summed E-state index contributed by atoms with van der Waals surface area (Å²) >= 11 is 0. The fourth-order valence-electron chi connectivity index (χ4n) is 4.23. The van der Waals surface area contributed by atoms with Crippen LogP contribution in [0.4, 0.5) is 5.69 Å². The molecule has 0 fully saturated rings. The normalized spacial score (nSPS) is 16.8. The largest absolute Gasteiger partial charge is 0.494 e. The molecule has 2 unspecified atom stereocenters. The van der Waals surface area contributed by atoms with Crippen molar-refractivity contribution < 1.29 is 9.53 Å². The molecule has 2 atom stereocenters. The quantitative estimate of drug-likeness (QED) is 0.514. The molecule has 0 bridgehead atoms. The Hall–Kier alpha value is -2.79. The molecule has 0 spiro atoms. The van der Waals surface area contributed by atoms with E-state index in [2.05, 4.69) is 41.6 Å². The molecule has 1 heterocycles. The Morgan fingerprint density at radius 3 is 2.73 bits per heavy atom. The van der Waals surface area contributed by atoms with Gasteiger partial charge < -0.3 is 20.4 Å². The first-order valence-electron chi connectivity index (χ1n) is 11.0. The lowest BCUT2D eigenvalue weighted by molar-refractivity contribution is 0.102. The number of nitrogens with one attached hydrogen (secondary N) is 3. The molecule has 1 aromatic heterocycles. The molecule has 1 aliphatic rings. The topological polar surface area (TPSA) is 66.1 Å². The van der Waals surface area contributed by atoms with Gasteiger partial charge in [-0.05, 0) is 87.6 Å². The van der Waals surface area contributed by atoms with Crippen LogP contribution in [0.2, 0.25) is 0 Å². The monoisotopic (exact) mass is 405 g/mol. The van der Waals surface area contributed by atoms with E-state index in [4.69, 9.17) is 4.74 Å². The zero-order valence-corrected chi connectivity index (χ0v) is 18.0. The van der Waals surface area contributed by atoms with Crippen molar-refractivity contribution in [1.29, 1.82) is 0 Å². The van der Waals surface area contributed by atoms with Crippen LogP contribution in [0.25, 0.3) is 10.9 Å². The molecule has 2 aromatic carbocycles. The molecule has 158 valence electrons. The summed E-state index contributed by atoms with van der Waals surface area (Å²) in [6.45, 7) is 7.02. The van der Waals surface area contributed by atoms with Gasteiger partial charge in [0.15, 0.2) is 0 Å². The van der Waals surface area contributed by atoms with Crippen molar-refractivity contribution in [3.05, 3.63) is 59.3 Å². The molecule has 0 saturated carbocycles. The number of aromatic amines is 1. The molecular formula is C25H31N3O2. The number of ether oxygens (including phenoxy) is 1. The zero-order chi connectivity index (χ0) is 21.1. The SMILES string of the molecule is CCOc1ccc(C(=O)Nc2ccc3[nH]c4c(c3c2)CC(NC(C)CC)CC4)cc1. The average molecular weight is 406 g/mol. The second-order valence-electron chi connectivity index (χ2n) is 8.17. The standard InChI is InChI=1S/C25H31N3O2/c1-4-16(3)26-18-8-12-23-21(14-18)22-15-19(9-13-24(22)28-23)27-25(29)17-6-10-20(11-7-17)30-5-2/h6-7,9-11,13,15-16,18,26,28H,4-5,8,12,14H2,1-3H3,(H,27,29). The summed E-state index contributed by atoms with van der Waals surface area (Å²) in [5.41, 5.74) is 5.30. The highest BCUT2D eigenvalue weighted by atomic mass is 16.5. The summed E-state index contributed by atoms with van der Waals surface area (Å²) in [5, 5.41) is 8.01. The van der Waals surface area contributed by atoms with E-state index in [-0.39, 0.29) is 5.91 Å². The van der Waals surface area contributed by atoms with Crippen LogP contribution in [-0.2, 0) is 12.8 Å². The Kier molecular flexibility index (Phi) is 6.09. The van der Waals surface area contributed by atoms with E-state index in [0.717, 1.165) is 42.6 Å². The van der Waals surface area contributed by atoms with Gasteiger partial charge in [-0.15, -0.1) is 0 Å². The second kappa shape index (κ2) is 8.92. The molecule has 30 heavy (non-hydrogen) atoms. The number of carbonyl (C=O) groups is 1. The Labute approximate surface area is 178 Å². The number of fused-ring (bicyclic) bond motifs is 3. The van der Waals surface area contributed by atoms with Crippen molar-refractivity contribution in [1.82, 2.24) is 10.3 Å². The van der Waals surface area contributed by atoms with Crippen molar-refractivity contribution in [2.75, 3.05) is 11.9 Å². The Morgan fingerprint density at radius 2 is 2.00 bits per heavy atom. The Balaban J connectivity index is 1.52. The van der Waals surface area contributed by atoms with Gasteiger partial charge in [-0.25, -0.2) is 0 Å². The van der Waals surface area contributed by atoms with Crippen molar-refractivity contribution in [2.24, 2.45) is 0 Å². The predicted molar refractivity (Wildman–Crippen MR) is 123 cm³/mol. The van der Waals surface area contributed by atoms with E-state index in [1.54, 1.807) is 12.1 Å². The number of anilines is 1. The van der Waals surface area contributed by atoms with Gasteiger partial charge >= 0.3 is 0 Å². The number of hydrogen-bond donors (Lipinski definition) is 3. The highest BCUT2D eigenvalue weighted by Crippen LogP contribution is 2.31. The minimum atomic E-state index is -0.113. The van der Waals surface area contributed by atoms with Crippen molar-refractivity contribution in [3.63, 3.8) is 0 Å². The van der Waals surface area contributed by atoms with Crippen molar-refractivity contribution >= 4 is 22.5 Å². The number of carbonyl (C=O) groups excluding carboxylic acids is 1. The highest BCUT2D eigenvalue weighted by molar-refractivity contribution is 6.05. The first-order valence-corrected chi connectivity index (χ1v) is 11.0. The van der Waals surface area contributed by atoms with Crippen LogP contribution in [-0.4, -0.2) is 29.6 Å². The first kappa shape index (κ1) is 20.5. The van der Waals surface area contributed by atoms with Gasteiger partial charge in [0.05, 0.1) is 6.61 Å².